The van der Waals surface area contributed by atoms with Gasteiger partial charge in [0.15, 0.2) is 5.82 Å². The zero-order valence-electron chi connectivity index (χ0n) is 10.6. The van der Waals surface area contributed by atoms with Gasteiger partial charge in [-0.05, 0) is 31.5 Å². The van der Waals surface area contributed by atoms with Crippen LogP contribution in [0.25, 0.3) is 0 Å². The summed E-state index contributed by atoms with van der Waals surface area (Å²) in [5.74, 6) is -0.0166. The van der Waals surface area contributed by atoms with Crippen LogP contribution in [0.3, 0.4) is 0 Å². The van der Waals surface area contributed by atoms with E-state index in [0.29, 0.717) is 17.1 Å². The molecule has 0 unspecified atom stereocenters. The van der Waals surface area contributed by atoms with Crippen molar-refractivity contribution in [1.82, 2.24) is 10.2 Å². The molecule has 19 heavy (non-hydrogen) atoms. The van der Waals surface area contributed by atoms with Crippen LogP contribution in [0.4, 0.5) is 15.9 Å². The standard InChI is InChI=1S/C13H13FN4S/c1-7-8(2)17-18-13(11(7)12(15)19)16-10-6-4-3-5-9(10)14/h3-6H,1-2H3,(H2,15,19)(H,16,18). The number of nitrogens with one attached hydrogen (secondary N) is 1. The second-order valence-corrected chi connectivity index (χ2v) is 4.54. The van der Waals surface area contributed by atoms with Gasteiger partial charge in [0.2, 0.25) is 0 Å². The van der Waals surface area contributed by atoms with Gasteiger partial charge in [0.25, 0.3) is 0 Å². The van der Waals surface area contributed by atoms with Gasteiger partial charge < -0.3 is 11.1 Å². The maximum atomic E-state index is 13.6. The Balaban J connectivity index is 2.49. The Kier molecular flexibility index (Phi) is 3.71. The Labute approximate surface area is 115 Å². The molecule has 2 aromatic rings. The van der Waals surface area contributed by atoms with Crippen molar-refractivity contribution in [3.63, 3.8) is 0 Å². The van der Waals surface area contributed by atoms with E-state index in [1.54, 1.807) is 18.2 Å². The van der Waals surface area contributed by atoms with Gasteiger partial charge in [-0.1, -0.05) is 24.4 Å². The third-order valence-electron chi connectivity index (χ3n) is 2.83. The summed E-state index contributed by atoms with van der Waals surface area (Å²) in [5, 5.41) is 10.9. The number of hydrogen-bond donors (Lipinski definition) is 2. The average molecular weight is 276 g/mol. The highest BCUT2D eigenvalue weighted by molar-refractivity contribution is 7.80. The molecule has 0 radical (unpaired) electrons. The molecule has 6 heteroatoms. The molecule has 1 heterocycles. The SMILES string of the molecule is Cc1nnc(Nc2ccccc2F)c(C(N)=S)c1C. The molecule has 0 aliphatic carbocycles. The Bertz CT molecular complexity index is 643. The summed E-state index contributed by atoms with van der Waals surface area (Å²) in [5.41, 5.74) is 8.17. The van der Waals surface area contributed by atoms with Crippen LogP contribution in [0.5, 0.6) is 0 Å². The fraction of sp³-hybridized carbons (Fsp3) is 0.154. The largest absolute Gasteiger partial charge is 0.389 e. The minimum atomic E-state index is -0.378. The van der Waals surface area contributed by atoms with E-state index in [1.165, 1.54) is 6.07 Å². The van der Waals surface area contributed by atoms with E-state index < -0.39 is 0 Å². The number of halogens is 1. The zero-order chi connectivity index (χ0) is 14.0. The highest BCUT2D eigenvalue weighted by Gasteiger charge is 2.14. The van der Waals surface area contributed by atoms with Gasteiger partial charge in [-0.15, -0.1) is 5.10 Å². The van der Waals surface area contributed by atoms with E-state index >= 15 is 0 Å². The van der Waals surface area contributed by atoms with E-state index in [2.05, 4.69) is 15.5 Å². The van der Waals surface area contributed by atoms with Gasteiger partial charge in [0.1, 0.15) is 10.8 Å². The molecule has 0 spiro atoms. The van der Waals surface area contributed by atoms with Gasteiger partial charge in [0, 0.05) is 0 Å². The van der Waals surface area contributed by atoms with E-state index in [0.717, 1.165) is 11.3 Å². The number of aromatic nitrogens is 2. The van der Waals surface area contributed by atoms with Crippen LogP contribution in [-0.2, 0) is 0 Å². The van der Waals surface area contributed by atoms with Crippen LogP contribution in [-0.4, -0.2) is 15.2 Å². The smallest absolute Gasteiger partial charge is 0.163 e. The van der Waals surface area contributed by atoms with Gasteiger partial charge in [-0.3, -0.25) is 0 Å². The first kappa shape index (κ1) is 13.4. The van der Waals surface area contributed by atoms with E-state index in [-0.39, 0.29) is 10.8 Å². The van der Waals surface area contributed by atoms with Crippen LogP contribution < -0.4 is 11.1 Å². The Morgan fingerprint density at radius 2 is 1.95 bits per heavy atom. The molecular formula is C13H13FN4S. The Morgan fingerprint density at radius 3 is 2.58 bits per heavy atom. The van der Waals surface area contributed by atoms with Crippen molar-refractivity contribution in [3.05, 3.63) is 46.9 Å². The molecule has 0 bridgehead atoms. The lowest BCUT2D eigenvalue weighted by atomic mass is 10.1. The summed E-state index contributed by atoms with van der Waals surface area (Å²) in [6, 6.07) is 6.30. The van der Waals surface area contributed by atoms with Crippen molar-refractivity contribution in [3.8, 4) is 0 Å². The van der Waals surface area contributed by atoms with Crippen molar-refractivity contribution in [2.45, 2.75) is 13.8 Å². The van der Waals surface area contributed by atoms with E-state index in [1.807, 2.05) is 13.8 Å². The number of nitrogens with two attached hydrogens (primary N) is 1. The quantitative estimate of drug-likeness (QED) is 0.844. The number of aryl methyl sites for hydroxylation is 1. The van der Waals surface area contributed by atoms with E-state index in [9.17, 15) is 4.39 Å². The maximum absolute atomic E-state index is 13.6. The van der Waals surface area contributed by atoms with Crippen LogP contribution in [0.1, 0.15) is 16.8 Å². The third-order valence-corrected chi connectivity index (χ3v) is 3.03. The van der Waals surface area contributed by atoms with Crippen LogP contribution in [0.15, 0.2) is 24.3 Å². The van der Waals surface area contributed by atoms with Crippen molar-refractivity contribution < 1.29 is 4.39 Å². The summed E-state index contributed by atoms with van der Waals surface area (Å²) < 4.78 is 13.6. The molecule has 4 nitrogen and oxygen atoms in total. The number of anilines is 2. The minimum absolute atomic E-state index is 0.203. The predicted octanol–water partition coefficient (Wildman–Crippen LogP) is 2.61. The molecule has 0 aliphatic rings. The van der Waals surface area contributed by atoms with Crippen LogP contribution >= 0.6 is 12.2 Å². The first-order chi connectivity index (χ1) is 9.00. The van der Waals surface area contributed by atoms with Crippen molar-refractivity contribution >= 4 is 28.7 Å². The summed E-state index contributed by atoms with van der Waals surface area (Å²) in [6.45, 7) is 3.67. The molecular weight excluding hydrogens is 263 g/mol. The first-order valence-electron chi connectivity index (χ1n) is 5.66. The Hall–Kier alpha value is -2.08. The summed E-state index contributed by atoms with van der Waals surface area (Å²) in [6.07, 6.45) is 0. The molecule has 0 saturated carbocycles. The highest BCUT2D eigenvalue weighted by Crippen LogP contribution is 2.23. The highest BCUT2D eigenvalue weighted by atomic mass is 32.1. The molecule has 98 valence electrons. The second kappa shape index (κ2) is 5.27. The lowest BCUT2D eigenvalue weighted by Crippen LogP contribution is -2.17. The van der Waals surface area contributed by atoms with Gasteiger partial charge >= 0.3 is 0 Å². The number of benzene rings is 1. The molecule has 3 N–H and O–H groups in total. The Morgan fingerprint density at radius 1 is 1.26 bits per heavy atom. The van der Waals surface area contributed by atoms with Gasteiger partial charge in [0.05, 0.1) is 16.9 Å². The number of rotatable bonds is 3. The zero-order valence-corrected chi connectivity index (χ0v) is 11.4. The fourth-order valence-corrected chi connectivity index (χ4v) is 1.94. The number of thiocarbonyl (C=S) groups is 1. The molecule has 1 aromatic carbocycles. The van der Waals surface area contributed by atoms with E-state index in [4.69, 9.17) is 18.0 Å². The normalized spacial score (nSPS) is 10.3. The van der Waals surface area contributed by atoms with Gasteiger partial charge in [-0.25, -0.2) is 4.39 Å². The second-order valence-electron chi connectivity index (χ2n) is 4.10. The van der Waals surface area contributed by atoms with Crippen molar-refractivity contribution in [2.75, 3.05) is 5.32 Å². The number of para-hydroxylation sites is 1. The van der Waals surface area contributed by atoms with Crippen molar-refractivity contribution in [2.24, 2.45) is 5.73 Å². The maximum Gasteiger partial charge on any atom is 0.163 e. The van der Waals surface area contributed by atoms with Crippen LogP contribution in [0, 0.1) is 19.7 Å². The number of hydrogen-bond acceptors (Lipinski definition) is 4. The molecule has 0 saturated heterocycles. The lowest BCUT2D eigenvalue weighted by molar-refractivity contribution is 0.631. The fourth-order valence-electron chi connectivity index (χ4n) is 1.69. The molecule has 0 aliphatic heterocycles. The number of nitrogens with zero attached hydrogens (tertiary/aromatic N) is 2. The molecule has 1 aromatic heterocycles. The summed E-state index contributed by atoms with van der Waals surface area (Å²) in [7, 11) is 0. The molecule has 0 amide bonds. The predicted molar refractivity (Wildman–Crippen MR) is 77.1 cm³/mol. The molecule has 0 fully saturated rings. The van der Waals surface area contributed by atoms with Crippen molar-refractivity contribution in [1.29, 1.82) is 0 Å². The molecule has 2 rings (SSSR count). The monoisotopic (exact) mass is 276 g/mol. The summed E-state index contributed by atoms with van der Waals surface area (Å²) >= 11 is 5.02. The molecule has 0 atom stereocenters. The first-order valence-corrected chi connectivity index (χ1v) is 6.06. The van der Waals surface area contributed by atoms with Gasteiger partial charge in [-0.2, -0.15) is 5.10 Å². The minimum Gasteiger partial charge on any atom is -0.389 e. The summed E-state index contributed by atoms with van der Waals surface area (Å²) in [4.78, 5) is 0.203. The van der Waals surface area contributed by atoms with Crippen LogP contribution in [0.2, 0.25) is 0 Å². The average Bonchev–Trinajstić information content (AvgIpc) is 2.36. The third kappa shape index (κ3) is 2.68. The lowest BCUT2D eigenvalue weighted by Gasteiger charge is -2.13. The topological polar surface area (TPSA) is 63.8 Å².